The summed E-state index contributed by atoms with van der Waals surface area (Å²) in [5.74, 6) is 0.0244. The second-order valence-electron chi connectivity index (χ2n) is 7.53. The van der Waals surface area contributed by atoms with Crippen molar-refractivity contribution in [3.63, 3.8) is 0 Å². The van der Waals surface area contributed by atoms with E-state index in [0.29, 0.717) is 30.2 Å². The number of sulfone groups is 1. The van der Waals surface area contributed by atoms with Crippen LogP contribution in [0, 0.1) is 0 Å². The molecule has 0 bridgehead atoms. The molecule has 1 fully saturated rings. The van der Waals surface area contributed by atoms with Crippen molar-refractivity contribution >= 4 is 37.1 Å². The third-order valence-electron chi connectivity index (χ3n) is 5.13. The second kappa shape index (κ2) is 9.88. The van der Waals surface area contributed by atoms with Gasteiger partial charge in [-0.05, 0) is 55.3 Å². The molecule has 0 unspecified atom stereocenters. The van der Waals surface area contributed by atoms with E-state index in [2.05, 4.69) is 10.6 Å². The number of ether oxygens (including phenoxy) is 1. The van der Waals surface area contributed by atoms with Crippen LogP contribution in [-0.4, -0.2) is 60.0 Å². The number of nitrogens with one attached hydrogen (secondary N) is 2. The van der Waals surface area contributed by atoms with Gasteiger partial charge in [-0.15, -0.1) is 0 Å². The quantitative estimate of drug-likeness (QED) is 0.593. The number of nitrogens with zero attached hydrogens (tertiary/aromatic N) is 1. The summed E-state index contributed by atoms with van der Waals surface area (Å²) in [5, 5.41) is 5.58. The molecule has 0 spiro atoms. The third kappa shape index (κ3) is 5.78. The fourth-order valence-electron chi connectivity index (χ4n) is 3.41. The van der Waals surface area contributed by atoms with Gasteiger partial charge in [-0.2, -0.15) is 4.31 Å². The maximum atomic E-state index is 13.0. The molecular formula is C21H27N3O6S2. The number of sulfonamides is 1. The van der Waals surface area contributed by atoms with Crippen LogP contribution in [0.1, 0.15) is 19.3 Å². The number of benzene rings is 2. The van der Waals surface area contributed by atoms with Crippen molar-refractivity contribution in [3.8, 4) is 5.75 Å². The Bertz CT molecular complexity index is 1170. The average molecular weight is 482 g/mol. The summed E-state index contributed by atoms with van der Waals surface area (Å²) >= 11 is 0. The van der Waals surface area contributed by atoms with Crippen LogP contribution in [0.5, 0.6) is 5.75 Å². The van der Waals surface area contributed by atoms with E-state index in [4.69, 9.17) is 4.74 Å². The van der Waals surface area contributed by atoms with Crippen LogP contribution in [0.2, 0.25) is 0 Å². The number of piperidine rings is 1. The monoisotopic (exact) mass is 481 g/mol. The molecule has 2 N–H and O–H groups in total. The van der Waals surface area contributed by atoms with Gasteiger partial charge in [0.25, 0.3) is 0 Å². The number of hydrogen-bond donors (Lipinski definition) is 2. The Morgan fingerprint density at radius 2 is 1.59 bits per heavy atom. The summed E-state index contributed by atoms with van der Waals surface area (Å²) in [4.78, 5) is 12.6. The first-order chi connectivity index (χ1) is 15.1. The lowest BCUT2D eigenvalue weighted by Crippen LogP contribution is -2.35. The van der Waals surface area contributed by atoms with Crippen molar-refractivity contribution in [3.05, 3.63) is 42.5 Å². The second-order valence-corrected chi connectivity index (χ2v) is 11.5. The minimum absolute atomic E-state index is 0.138. The maximum Gasteiger partial charge on any atom is 0.243 e. The van der Waals surface area contributed by atoms with E-state index in [1.54, 1.807) is 6.07 Å². The van der Waals surface area contributed by atoms with Crippen molar-refractivity contribution in [2.45, 2.75) is 29.1 Å². The van der Waals surface area contributed by atoms with E-state index >= 15 is 0 Å². The molecule has 9 nitrogen and oxygen atoms in total. The van der Waals surface area contributed by atoms with Crippen LogP contribution in [0.15, 0.2) is 52.3 Å². The van der Waals surface area contributed by atoms with Gasteiger partial charge in [0.2, 0.25) is 15.9 Å². The molecule has 0 saturated carbocycles. The molecule has 1 heterocycles. The molecule has 2 aromatic rings. The molecular weight excluding hydrogens is 454 g/mol. The summed E-state index contributed by atoms with van der Waals surface area (Å²) < 4.78 is 55.7. The zero-order valence-electron chi connectivity index (χ0n) is 18.0. The van der Waals surface area contributed by atoms with Crippen LogP contribution in [-0.2, 0) is 24.7 Å². The Kier molecular flexibility index (Phi) is 7.42. The van der Waals surface area contributed by atoms with Crippen molar-refractivity contribution in [1.82, 2.24) is 4.31 Å². The van der Waals surface area contributed by atoms with E-state index in [-0.39, 0.29) is 22.2 Å². The lowest BCUT2D eigenvalue weighted by Gasteiger charge is -2.26. The highest BCUT2D eigenvalue weighted by Crippen LogP contribution is 2.30. The molecule has 11 heteroatoms. The van der Waals surface area contributed by atoms with Gasteiger partial charge in [-0.25, -0.2) is 16.8 Å². The fourth-order valence-corrected chi connectivity index (χ4v) is 5.58. The fraction of sp³-hybridized carbons (Fsp3) is 0.381. The molecule has 1 aliphatic heterocycles. The van der Waals surface area contributed by atoms with Crippen LogP contribution >= 0.6 is 0 Å². The molecule has 2 aromatic carbocycles. The molecule has 0 aromatic heterocycles. The molecule has 3 rings (SSSR count). The minimum atomic E-state index is -3.62. The topological polar surface area (TPSA) is 122 Å². The number of amides is 1. The first-order valence-corrected chi connectivity index (χ1v) is 13.5. The molecule has 174 valence electrons. The number of methoxy groups -OCH3 is 1. The molecule has 1 aliphatic rings. The van der Waals surface area contributed by atoms with Crippen LogP contribution in [0.25, 0.3) is 0 Å². The molecule has 0 aliphatic carbocycles. The highest BCUT2D eigenvalue weighted by Gasteiger charge is 2.26. The van der Waals surface area contributed by atoms with E-state index in [1.165, 1.54) is 47.8 Å². The summed E-state index contributed by atoms with van der Waals surface area (Å²) in [5.41, 5.74) is 0.825. The summed E-state index contributed by atoms with van der Waals surface area (Å²) in [7, 11) is -5.48. The Morgan fingerprint density at radius 3 is 2.19 bits per heavy atom. The summed E-state index contributed by atoms with van der Waals surface area (Å²) in [6.45, 7) is 0.854. The summed E-state index contributed by atoms with van der Waals surface area (Å²) in [6, 6.07) is 10.4. The van der Waals surface area contributed by atoms with Gasteiger partial charge in [0.05, 0.1) is 29.1 Å². The maximum absolute atomic E-state index is 13.0. The normalized spacial score (nSPS) is 15.2. The lowest BCUT2D eigenvalue weighted by molar-refractivity contribution is -0.114. The molecule has 1 amide bonds. The van der Waals surface area contributed by atoms with Crippen molar-refractivity contribution in [1.29, 1.82) is 0 Å². The number of anilines is 2. The standard InChI is InChI=1S/C21H27N3O6S2/c1-30-20-11-10-18(32(28,29)24-12-4-3-5-13-24)14-19(20)22-15-21(25)23-16-6-8-17(9-7-16)31(2,26)27/h6-11,14,22H,3-5,12-13,15H2,1-2H3,(H,23,25). The smallest absolute Gasteiger partial charge is 0.243 e. The van der Waals surface area contributed by atoms with Crippen molar-refractivity contribution in [2.24, 2.45) is 0 Å². The zero-order chi connectivity index (χ0) is 23.4. The van der Waals surface area contributed by atoms with Crippen LogP contribution in [0.3, 0.4) is 0 Å². The van der Waals surface area contributed by atoms with E-state index in [9.17, 15) is 21.6 Å². The zero-order valence-corrected chi connectivity index (χ0v) is 19.6. The van der Waals surface area contributed by atoms with Crippen molar-refractivity contribution < 1.29 is 26.4 Å². The Balaban J connectivity index is 1.69. The molecule has 32 heavy (non-hydrogen) atoms. The number of carbonyl (C=O) groups excluding carboxylic acids is 1. The minimum Gasteiger partial charge on any atom is -0.495 e. The lowest BCUT2D eigenvalue weighted by atomic mass is 10.2. The molecule has 0 atom stereocenters. The van der Waals surface area contributed by atoms with Gasteiger partial charge in [-0.1, -0.05) is 6.42 Å². The predicted octanol–water partition coefficient (Wildman–Crippen LogP) is 2.32. The van der Waals surface area contributed by atoms with Gasteiger partial charge in [0.1, 0.15) is 5.75 Å². The van der Waals surface area contributed by atoms with Gasteiger partial charge < -0.3 is 15.4 Å². The summed E-state index contributed by atoms with van der Waals surface area (Å²) in [6.07, 6.45) is 3.81. The van der Waals surface area contributed by atoms with Crippen LogP contribution in [0.4, 0.5) is 11.4 Å². The first kappa shape index (κ1) is 24.0. The first-order valence-electron chi connectivity index (χ1n) is 10.1. The Morgan fingerprint density at radius 1 is 0.969 bits per heavy atom. The highest BCUT2D eigenvalue weighted by molar-refractivity contribution is 7.90. The van der Waals surface area contributed by atoms with E-state index in [0.717, 1.165) is 25.5 Å². The molecule has 0 radical (unpaired) electrons. The van der Waals surface area contributed by atoms with Gasteiger partial charge in [-0.3, -0.25) is 4.79 Å². The number of rotatable bonds is 8. The predicted molar refractivity (Wildman–Crippen MR) is 122 cm³/mol. The highest BCUT2D eigenvalue weighted by atomic mass is 32.2. The van der Waals surface area contributed by atoms with Gasteiger partial charge in [0.15, 0.2) is 9.84 Å². The number of hydrogen-bond acceptors (Lipinski definition) is 7. The SMILES string of the molecule is COc1ccc(S(=O)(=O)N2CCCCC2)cc1NCC(=O)Nc1ccc(S(C)(=O)=O)cc1. The Hall–Kier alpha value is -2.63. The third-order valence-corrected chi connectivity index (χ3v) is 8.15. The van der Waals surface area contributed by atoms with Crippen LogP contribution < -0.4 is 15.4 Å². The van der Waals surface area contributed by atoms with E-state index in [1.807, 2.05) is 0 Å². The number of carbonyl (C=O) groups is 1. The van der Waals surface area contributed by atoms with Crippen molar-refractivity contribution in [2.75, 3.05) is 43.6 Å². The van der Waals surface area contributed by atoms with Gasteiger partial charge in [0, 0.05) is 25.0 Å². The van der Waals surface area contributed by atoms with Gasteiger partial charge >= 0.3 is 0 Å². The molecule has 1 saturated heterocycles. The average Bonchev–Trinajstić information content (AvgIpc) is 2.77. The Labute approximate surface area is 188 Å². The largest absolute Gasteiger partial charge is 0.495 e. The van der Waals surface area contributed by atoms with E-state index < -0.39 is 19.9 Å².